The van der Waals surface area contributed by atoms with Gasteiger partial charge in [-0.05, 0) is 6.42 Å². The van der Waals surface area contributed by atoms with Crippen molar-refractivity contribution in [2.45, 2.75) is 6.42 Å². The number of methoxy groups -OCH3 is 1. The van der Waals surface area contributed by atoms with Crippen LogP contribution >= 0.6 is 0 Å². The second-order valence-corrected chi connectivity index (χ2v) is 4.47. The van der Waals surface area contributed by atoms with Gasteiger partial charge in [0.1, 0.15) is 0 Å². The van der Waals surface area contributed by atoms with Crippen molar-refractivity contribution in [1.29, 1.82) is 4.78 Å². The van der Waals surface area contributed by atoms with E-state index in [0.717, 1.165) is 6.42 Å². The first-order valence-corrected chi connectivity index (χ1v) is 4.90. The zero-order chi connectivity index (χ0) is 7.33. The third kappa shape index (κ3) is 7.91. The first-order chi connectivity index (χ1) is 4.06. The molecule has 0 heterocycles. The molecule has 56 valence electrons. The molecule has 0 aliphatic carbocycles. The van der Waals surface area contributed by atoms with Crippen LogP contribution in [0.3, 0.4) is 0 Å². The van der Waals surface area contributed by atoms with E-state index in [1.807, 2.05) is 0 Å². The average Bonchev–Trinajstić information content (AvgIpc) is 1.63. The van der Waals surface area contributed by atoms with Gasteiger partial charge in [-0.15, -0.1) is 0 Å². The maximum absolute atomic E-state index is 10.7. The maximum atomic E-state index is 10.7. The fraction of sp³-hybridized carbons (Fsp3) is 1.00. The largest absolute Gasteiger partial charge is 0.385 e. The predicted octanol–water partition coefficient (Wildman–Crippen LogP) is 0.699. The normalized spacial score (nSPS) is 17.1. The Kier molecular flexibility index (Phi) is 3.81. The number of ether oxygens (including phenoxy) is 1. The molecule has 1 unspecified atom stereocenters. The highest BCUT2D eigenvalue weighted by Gasteiger charge is 1.95. The Labute approximate surface area is 56.4 Å². The van der Waals surface area contributed by atoms with Crippen LogP contribution in [0.5, 0.6) is 0 Å². The van der Waals surface area contributed by atoms with Crippen LogP contribution in [0, 0.1) is 4.78 Å². The third-order valence-corrected chi connectivity index (χ3v) is 1.95. The molecule has 1 N–H and O–H groups in total. The van der Waals surface area contributed by atoms with Crippen molar-refractivity contribution >= 4 is 9.73 Å². The molecule has 0 fully saturated rings. The van der Waals surface area contributed by atoms with Crippen LogP contribution in [0.25, 0.3) is 0 Å². The Morgan fingerprint density at radius 1 is 1.67 bits per heavy atom. The van der Waals surface area contributed by atoms with Crippen molar-refractivity contribution in [1.82, 2.24) is 0 Å². The highest BCUT2D eigenvalue weighted by Crippen LogP contribution is 1.89. The van der Waals surface area contributed by atoms with E-state index >= 15 is 0 Å². The van der Waals surface area contributed by atoms with Gasteiger partial charge in [0.15, 0.2) is 0 Å². The molecule has 0 aromatic rings. The van der Waals surface area contributed by atoms with Crippen LogP contribution < -0.4 is 0 Å². The number of rotatable bonds is 4. The van der Waals surface area contributed by atoms with Crippen molar-refractivity contribution in [3.05, 3.63) is 0 Å². The summed E-state index contributed by atoms with van der Waals surface area (Å²) in [5.41, 5.74) is 0. The monoisotopic (exact) mass is 151 g/mol. The summed E-state index contributed by atoms with van der Waals surface area (Å²) in [6.45, 7) is 0.601. The van der Waals surface area contributed by atoms with E-state index in [1.54, 1.807) is 7.11 Å². The number of nitrogens with one attached hydrogen (secondary N) is 1. The zero-order valence-corrected chi connectivity index (χ0v) is 6.66. The van der Waals surface area contributed by atoms with E-state index in [-0.39, 0.29) is 0 Å². The highest BCUT2D eigenvalue weighted by atomic mass is 32.2. The zero-order valence-electron chi connectivity index (χ0n) is 5.85. The Balaban J connectivity index is 3.30. The fourth-order valence-electron chi connectivity index (χ4n) is 0.479. The number of hydrogen-bond acceptors (Lipinski definition) is 3. The second-order valence-electron chi connectivity index (χ2n) is 2.06. The summed E-state index contributed by atoms with van der Waals surface area (Å²) in [7, 11) is -0.678. The molecule has 1 atom stereocenters. The van der Waals surface area contributed by atoms with Gasteiger partial charge < -0.3 is 4.74 Å². The van der Waals surface area contributed by atoms with E-state index in [9.17, 15) is 4.21 Å². The van der Waals surface area contributed by atoms with Gasteiger partial charge in [-0.25, -0.2) is 0 Å². The summed E-state index contributed by atoms with van der Waals surface area (Å²) in [5.74, 6) is 0.445. The topological polar surface area (TPSA) is 50.1 Å². The standard InChI is InChI=1S/C5H13NO2S/c1-8-4-3-5-9(2,6)7/h6H,3-5H2,1-2H3. The lowest BCUT2D eigenvalue weighted by atomic mass is 10.5. The predicted molar refractivity (Wildman–Crippen MR) is 38.1 cm³/mol. The Bertz CT molecular complexity index is 150. The molecule has 0 aliphatic heterocycles. The summed E-state index contributed by atoms with van der Waals surface area (Å²) in [5, 5.41) is 0. The summed E-state index contributed by atoms with van der Waals surface area (Å²) >= 11 is 0. The molecule has 0 bridgehead atoms. The molecule has 0 aromatic carbocycles. The van der Waals surface area contributed by atoms with Crippen LogP contribution in [0.15, 0.2) is 0 Å². The molecule has 0 saturated carbocycles. The van der Waals surface area contributed by atoms with Gasteiger partial charge in [0, 0.05) is 35.5 Å². The Hall–Kier alpha value is -0.0900. The Morgan fingerprint density at radius 2 is 2.22 bits per heavy atom. The SMILES string of the molecule is COCCCS(C)(=N)=O. The van der Waals surface area contributed by atoms with Crippen molar-refractivity contribution in [2.75, 3.05) is 25.7 Å². The Morgan fingerprint density at radius 3 is 2.56 bits per heavy atom. The first-order valence-electron chi connectivity index (χ1n) is 2.76. The van der Waals surface area contributed by atoms with Gasteiger partial charge in [-0.1, -0.05) is 0 Å². The van der Waals surface area contributed by atoms with Crippen molar-refractivity contribution in [3.63, 3.8) is 0 Å². The van der Waals surface area contributed by atoms with Crippen LogP contribution in [0.4, 0.5) is 0 Å². The van der Waals surface area contributed by atoms with Gasteiger partial charge >= 0.3 is 0 Å². The van der Waals surface area contributed by atoms with E-state index in [1.165, 1.54) is 6.26 Å². The van der Waals surface area contributed by atoms with Gasteiger partial charge in [-0.2, -0.15) is 0 Å². The molecule has 0 aliphatic rings. The van der Waals surface area contributed by atoms with E-state index in [2.05, 4.69) is 0 Å². The lowest BCUT2D eigenvalue weighted by Crippen LogP contribution is -2.03. The van der Waals surface area contributed by atoms with Crippen LogP contribution in [0.2, 0.25) is 0 Å². The van der Waals surface area contributed by atoms with E-state index in [0.29, 0.717) is 12.4 Å². The van der Waals surface area contributed by atoms with Crippen molar-refractivity contribution in [3.8, 4) is 0 Å². The van der Waals surface area contributed by atoms with Crippen LogP contribution in [0.1, 0.15) is 6.42 Å². The molecule has 0 amide bonds. The summed E-state index contributed by atoms with van der Waals surface area (Å²) in [6.07, 6.45) is 2.16. The molecule has 0 radical (unpaired) electrons. The van der Waals surface area contributed by atoms with Gasteiger partial charge in [0.25, 0.3) is 0 Å². The number of hydrogen-bond donors (Lipinski definition) is 1. The molecule has 4 heteroatoms. The minimum absolute atomic E-state index is 0.445. The van der Waals surface area contributed by atoms with Crippen molar-refractivity contribution < 1.29 is 8.95 Å². The minimum atomic E-state index is -2.28. The third-order valence-electron chi connectivity index (χ3n) is 0.882. The quantitative estimate of drug-likeness (QED) is 0.601. The molecule has 0 spiro atoms. The summed E-state index contributed by atoms with van der Waals surface area (Å²) in [4.78, 5) is 0. The smallest absolute Gasteiger partial charge is 0.0471 e. The molecule has 9 heavy (non-hydrogen) atoms. The lowest BCUT2D eigenvalue weighted by molar-refractivity contribution is 0.200. The van der Waals surface area contributed by atoms with E-state index in [4.69, 9.17) is 9.52 Å². The van der Waals surface area contributed by atoms with Crippen LogP contribution in [-0.2, 0) is 14.5 Å². The summed E-state index contributed by atoms with van der Waals surface area (Å²) in [6, 6.07) is 0. The molecular weight excluding hydrogens is 138 g/mol. The molecular formula is C5H13NO2S. The fourth-order valence-corrected chi connectivity index (χ4v) is 1.15. The molecule has 0 saturated heterocycles. The minimum Gasteiger partial charge on any atom is -0.385 e. The van der Waals surface area contributed by atoms with Gasteiger partial charge in [0.2, 0.25) is 0 Å². The summed E-state index contributed by atoms with van der Waals surface area (Å²) < 4.78 is 22.4. The first kappa shape index (κ1) is 8.91. The average molecular weight is 151 g/mol. The van der Waals surface area contributed by atoms with Crippen molar-refractivity contribution in [2.24, 2.45) is 0 Å². The molecule has 3 nitrogen and oxygen atoms in total. The van der Waals surface area contributed by atoms with Crippen LogP contribution in [-0.4, -0.2) is 29.9 Å². The lowest BCUT2D eigenvalue weighted by Gasteiger charge is -1.98. The maximum Gasteiger partial charge on any atom is 0.0471 e. The molecule has 0 aromatic heterocycles. The second kappa shape index (κ2) is 3.85. The highest BCUT2D eigenvalue weighted by molar-refractivity contribution is 7.91. The van der Waals surface area contributed by atoms with E-state index < -0.39 is 9.73 Å². The molecule has 0 rings (SSSR count). The van der Waals surface area contributed by atoms with Gasteiger partial charge in [0.05, 0.1) is 0 Å². The van der Waals surface area contributed by atoms with Gasteiger partial charge in [-0.3, -0.25) is 8.99 Å².